The number of carbonyl (C=O) groups excluding carboxylic acids is 1. The van der Waals surface area contributed by atoms with Crippen LogP contribution in [0.4, 0.5) is 5.82 Å². The molecule has 7 nitrogen and oxygen atoms in total. The Hall–Kier alpha value is -2.55. The number of rotatable bonds is 7. The highest BCUT2D eigenvalue weighted by molar-refractivity contribution is 7.17. The molecule has 1 aliphatic rings. The Labute approximate surface area is 180 Å². The van der Waals surface area contributed by atoms with Crippen molar-refractivity contribution in [2.24, 2.45) is 0 Å². The lowest BCUT2D eigenvalue weighted by atomic mass is 10.1. The summed E-state index contributed by atoms with van der Waals surface area (Å²) in [5.41, 5.74) is 2.20. The Morgan fingerprint density at radius 2 is 1.97 bits per heavy atom. The molecule has 0 unspecified atom stereocenters. The van der Waals surface area contributed by atoms with Crippen LogP contribution in [-0.2, 0) is 16.1 Å². The minimum Gasteiger partial charge on any atom is -0.379 e. The summed E-state index contributed by atoms with van der Waals surface area (Å²) in [4.78, 5) is 25.1. The lowest BCUT2D eigenvalue weighted by Crippen LogP contribution is -2.36. The molecule has 4 rings (SSSR count). The summed E-state index contributed by atoms with van der Waals surface area (Å²) in [5, 5.41) is 9.27. The number of aromatic nitrogens is 2. The Kier molecular flexibility index (Phi) is 6.56. The molecule has 2 N–H and O–H groups in total. The van der Waals surface area contributed by atoms with Crippen LogP contribution >= 0.6 is 11.3 Å². The molecule has 30 heavy (non-hydrogen) atoms. The van der Waals surface area contributed by atoms with Crippen molar-refractivity contribution in [3.8, 4) is 11.1 Å². The number of carbonyl (C=O) groups is 1. The van der Waals surface area contributed by atoms with Gasteiger partial charge >= 0.3 is 0 Å². The number of fused-ring (bicyclic) bond motifs is 1. The molecule has 1 saturated heterocycles. The maximum absolute atomic E-state index is 12.2. The SMILES string of the molecule is CC(C)NC(=O)CNc1nc(CN2CCOCC2)nc2scc(-c3ccccc3)c12. The fraction of sp³-hybridized carbons (Fsp3) is 0.409. The number of amides is 1. The van der Waals surface area contributed by atoms with Gasteiger partial charge in [0.25, 0.3) is 0 Å². The standard InChI is InChI=1S/C22H27N5O2S/c1-15(2)24-19(28)12-23-21-20-17(16-6-4-3-5-7-16)14-30-22(20)26-18(25-21)13-27-8-10-29-11-9-27/h3-7,14-15H,8-13H2,1-2H3,(H,24,28)(H,23,25,26). The minimum atomic E-state index is -0.0528. The third-order valence-electron chi connectivity index (χ3n) is 4.90. The fourth-order valence-corrected chi connectivity index (χ4v) is 4.48. The Bertz CT molecular complexity index is 999. The second kappa shape index (κ2) is 9.51. The van der Waals surface area contributed by atoms with Crippen LogP contribution < -0.4 is 10.6 Å². The third kappa shape index (κ3) is 4.95. The van der Waals surface area contributed by atoms with E-state index in [1.54, 1.807) is 11.3 Å². The van der Waals surface area contributed by atoms with Gasteiger partial charge in [-0.05, 0) is 19.4 Å². The van der Waals surface area contributed by atoms with Crippen LogP contribution in [0.25, 0.3) is 21.3 Å². The van der Waals surface area contributed by atoms with E-state index >= 15 is 0 Å². The zero-order valence-corrected chi connectivity index (χ0v) is 18.2. The topological polar surface area (TPSA) is 79.4 Å². The van der Waals surface area contributed by atoms with E-state index < -0.39 is 0 Å². The number of hydrogen-bond acceptors (Lipinski definition) is 7. The number of ether oxygens (including phenoxy) is 1. The summed E-state index contributed by atoms with van der Waals surface area (Å²) >= 11 is 1.61. The van der Waals surface area contributed by atoms with Gasteiger partial charge in [0.05, 0.1) is 31.7 Å². The van der Waals surface area contributed by atoms with Gasteiger partial charge in [-0.2, -0.15) is 0 Å². The first-order valence-corrected chi connectivity index (χ1v) is 11.1. The van der Waals surface area contributed by atoms with Gasteiger partial charge in [-0.3, -0.25) is 9.69 Å². The predicted molar refractivity (Wildman–Crippen MR) is 121 cm³/mol. The molecular weight excluding hydrogens is 398 g/mol. The van der Waals surface area contributed by atoms with E-state index in [0.29, 0.717) is 12.4 Å². The quantitative estimate of drug-likeness (QED) is 0.606. The molecule has 0 radical (unpaired) electrons. The second-order valence-electron chi connectivity index (χ2n) is 7.65. The molecule has 1 aliphatic heterocycles. The molecule has 1 aromatic carbocycles. The number of nitrogens with one attached hydrogen (secondary N) is 2. The van der Waals surface area contributed by atoms with E-state index in [1.807, 2.05) is 32.0 Å². The van der Waals surface area contributed by atoms with Crippen LogP contribution in [0.1, 0.15) is 19.7 Å². The summed E-state index contributed by atoms with van der Waals surface area (Å²) < 4.78 is 5.44. The highest BCUT2D eigenvalue weighted by atomic mass is 32.1. The number of hydrogen-bond donors (Lipinski definition) is 2. The van der Waals surface area contributed by atoms with Gasteiger partial charge in [-0.15, -0.1) is 11.3 Å². The minimum absolute atomic E-state index is 0.0528. The molecule has 0 aliphatic carbocycles. The molecule has 1 fully saturated rings. The average Bonchev–Trinajstić information content (AvgIpc) is 3.17. The molecule has 2 aromatic heterocycles. The Morgan fingerprint density at radius 1 is 1.20 bits per heavy atom. The monoisotopic (exact) mass is 425 g/mol. The highest BCUT2D eigenvalue weighted by Gasteiger charge is 2.18. The maximum atomic E-state index is 12.2. The van der Waals surface area contributed by atoms with Crippen LogP contribution in [0, 0.1) is 0 Å². The van der Waals surface area contributed by atoms with Gasteiger partial charge in [0.1, 0.15) is 16.5 Å². The van der Waals surface area contributed by atoms with E-state index in [0.717, 1.165) is 53.5 Å². The van der Waals surface area contributed by atoms with E-state index in [2.05, 4.69) is 33.0 Å². The molecule has 3 heterocycles. The normalized spacial score (nSPS) is 14.9. The van der Waals surface area contributed by atoms with Crippen molar-refractivity contribution >= 4 is 33.3 Å². The van der Waals surface area contributed by atoms with Crippen LogP contribution in [0.3, 0.4) is 0 Å². The third-order valence-corrected chi connectivity index (χ3v) is 5.77. The molecule has 1 amide bonds. The molecule has 0 saturated carbocycles. The Morgan fingerprint density at radius 3 is 2.70 bits per heavy atom. The van der Waals surface area contributed by atoms with Crippen molar-refractivity contribution in [1.29, 1.82) is 0 Å². The van der Waals surface area contributed by atoms with Gasteiger partial charge in [0.2, 0.25) is 5.91 Å². The van der Waals surface area contributed by atoms with Crippen molar-refractivity contribution in [1.82, 2.24) is 20.2 Å². The molecule has 0 bridgehead atoms. The molecular formula is C22H27N5O2S. The number of nitrogens with zero attached hydrogens (tertiary/aromatic N) is 3. The zero-order chi connectivity index (χ0) is 20.9. The molecule has 0 atom stereocenters. The average molecular weight is 426 g/mol. The number of thiophene rings is 1. The van der Waals surface area contributed by atoms with E-state index in [1.165, 1.54) is 0 Å². The van der Waals surface area contributed by atoms with Gasteiger partial charge in [-0.1, -0.05) is 30.3 Å². The maximum Gasteiger partial charge on any atom is 0.239 e. The first-order chi connectivity index (χ1) is 14.6. The number of benzene rings is 1. The van der Waals surface area contributed by atoms with E-state index in [4.69, 9.17) is 14.7 Å². The lowest BCUT2D eigenvalue weighted by Gasteiger charge is -2.25. The summed E-state index contributed by atoms with van der Waals surface area (Å²) in [5.74, 6) is 1.42. The van der Waals surface area contributed by atoms with Gasteiger partial charge in [0.15, 0.2) is 0 Å². The van der Waals surface area contributed by atoms with Crippen molar-refractivity contribution in [3.05, 3.63) is 41.5 Å². The Balaban J connectivity index is 1.67. The van der Waals surface area contributed by atoms with E-state index in [-0.39, 0.29) is 18.5 Å². The highest BCUT2D eigenvalue weighted by Crippen LogP contribution is 2.37. The van der Waals surface area contributed by atoms with Gasteiger partial charge in [-0.25, -0.2) is 9.97 Å². The van der Waals surface area contributed by atoms with Crippen LogP contribution in [-0.4, -0.2) is 59.7 Å². The number of morpholine rings is 1. The zero-order valence-electron chi connectivity index (χ0n) is 17.4. The summed E-state index contributed by atoms with van der Waals surface area (Å²) in [6.45, 7) is 7.97. The number of anilines is 1. The lowest BCUT2D eigenvalue weighted by molar-refractivity contribution is -0.119. The largest absolute Gasteiger partial charge is 0.379 e. The van der Waals surface area contributed by atoms with Crippen molar-refractivity contribution < 1.29 is 9.53 Å². The summed E-state index contributed by atoms with van der Waals surface area (Å²) in [6, 6.07) is 10.3. The van der Waals surface area contributed by atoms with Gasteiger partial charge < -0.3 is 15.4 Å². The van der Waals surface area contributed by atoms with Crippen LogP contribution in [0.2, 0.25) is 0 Å². The van der Waals surface area contributed by atoms with E-state index in [9.17, 15) is 4.79 Å². The first kappa shape index (κ1) is 20.7. The summed E-state index contributed by atoms with van der Waals surface area (Å²) in [6.07, 6.45) is 0. The molecule has 8 heteroatoms. The van der Waals surface area contributed by atoms with Crippen LogP contribution in [0.5, 0.6) is 0 Å². The predicted octanol–water partition coefficient (Wildman–Crippen LogP) is 3.13. The van der Waals surface area contributed by atoms with Crippen molar-refractivity contribution in [2.75, 3.05) is 38.2 Å². The molecule has 3 aromatic rings. The van der Waals surface area contributed by atoms with Crippen molar-refractivity contribution in [2.45, 2.75) is 26.4 Å². The molecule has 158 valence electrons. The van der Waals surface area contributed by atoms with Crippen LogP contribution in [0.15, 0.2) is 35.7 Å². The van der Waals surface area contributed by atoms with Crippen molar-refractivity contribution in [3.63, 3.8) is 0 Å². The fourth-order valence-electron chi connectivity index (χ4n) is 3.51. The first-order valence-electron chi connectivity index (χ1n) is 10.3. The second-order valence-corrected chi connectivity index (χ2v) is 8.51. The molecule has 0 spiro atoms. The summed E-state index contributed by atoms with van der Waals surface area (Å²) in [7, 11) is 0. The smallest absolute Gasteiger partial charge is 0.239 e. The van der Waals surface area contributed by atoms with Gasteiger partial charge in [0, 0.05) is 30.1 Å².